The summed E-state index contributed by atoms with van der Waals surface area (Å²) in [7, 11) is 5.44. The van der Waals surface area contributed by atoms with Crippen molar-refractivity contribution in [3.63, 3.8) is 0 Å². The third kappa shape index (κ3) is 40.5. The topological polar surface area (TPSA) is 410 Å². The number of hydrogen-bond acceptors (Lipinski definition) is 22. The maximum atomic E-state index is 12.1. The molecule has 31 nitrogen and oxygen atoms in total. The Kier molecular flexibility index (Phi) is 56.4. The molecule has 720 valence electrons. The molecule has 3 atom stereocenters. The first-order valence-electron chi connectivity index (χ1n) is 39.9. The average Bonchev–Trinajstić information content (AvgIpc) is 1.38. The van der Waals surface area contributed by atoms with E-state index in [1.165, 1.54) is 73.3 Å². The van der Waals surface area contributed by atoms with E-state index in [1.807, 2.05) is 250 Å². The first kappa shape index (κ1) is 121. The van der Waals surface area contributed by atoms with Crippen LogP contribution >= 0.6 is 175 Å². The minimum Gasteiger partial charge on any atom is -0.857 e. The van der Waals surface area contributed by atoms with Gasteiger partial charge < -0.3 is 28.6 Å². The van der Waals surface area contributed by atoms with Crippen molar-refractivity contribution in [2.24, 2.45) is 5.84 Å². The molecule has 0 radical (unpaired) electrons. The zero-order chi connectivity index (χ0) is 99.9. The van der Waals surface area contributed by atoms with Crippen molar-refractivity contribution >= 4 is 187 Å². The quantitative estimate of drug-likeness (QED) is 0.0141. The number of aromatic nitrogens is 14. The SMILES string of the molecule is C.CC(Br)c1ccccc1.CC(c1ccccc1)n1ncc(Br)c(Br)c1=O.COc1cc(Br)c(=O)n(Cc2ccccc2)n1.COc1cc(Br)ccc1-n1cnc(C)c1.COc1cnn(C(C)c2ccccc2)c(=O)c1Br.C[O-].NNCc1ccccc1.O=C1C=C(Br)C(=O)O1.O=c1[nH]n(Cc2ccccc2)c(=O)cc1Br.O=c1[nH]ncc(Br)c1Br.O=c1cc(Br)c(=O)n(Cc2ccccc2)[nH]1.[Na+]. The van der Waals surface area contributed by atoms with Crippen LogP contribution < -0.4 is 105 Å². The monoisotopic (exact) mass is 2590 g/mol. The number of nitrogens with two attached hydrogens (primary N) is 1. The number of esters is 2. The summed E-state index contributed by atoms with van der Waals surface area (Å²) in [5.41, 5.74) is 10.3. The summed E-state index contributed by atoms with van der Waals surface area (Å²) in [6, 6.07) is 78.3. The Balaban J connectivity index is 0.000000322. The molecule has 1 aliphatic heterocycles. The predicted octanol–water partition coefficient (Wildman–Crippen LogP) is 15.8. The second-order valence-corrected chi connectivity index (χ2v) is 37.2. The number of rotatable bonds is 17. The molecule has 138 heavy (non-hydrogen) atoms. The minimum atomic E-state index is -0.616. The Hall–Kier alpha value is -9.71. The molecule has 8 heterocycles. The van der Waals surface area contributed by atoms with Gasteiger partial charge in [-0.1, -0.05) is 252 Å². The molecular formula is C95H92Br11N16NaO15. The number of carbonyl (C=O) groups excluding carboxylic acids is 2. The summed E-state index contributed by atoms with van der Waals surface area (Å²) in [6.07, 6.45) is 9.48. The summed E-state index contributed by atoms with van der Waals surface area (Å²) in [4.78, 5) is 117. The normalized spacial score (nSPS) is 11.1. The second-order valence-electron chi connectivity index (χ2n) is 27.4. The van der Waals surface area contributed by atoms with Crippen LogP contribution in [0.1, 0.15) is 89.7 Å². The summed E-state index contributed by atoms with van der Waals surface area (Å²) >= 11 is 34.9. The fourth-order valence-electron chi connectivity index (χ4n) is 11.1. The molecule has 3 unspecified atom stereocenters. The Morgan fingerprint density at radius 1 is 0.471 bits per heavy atom. The number of nitrogens with zero attached hydrogens (tertiary/aromatic N) is 11. The summed E-state index contributed by atoms with van der Waals surface area (Å²) < 4.78 is 33.0. The van der Waals surface area contributed by atoms with Gasteiger partial charge in [-0.2, -0.15) is 22.4 Å². The molecule has 1 aliphatic rings. The summed E-state index contributed by atoms with van der Waals surface area (Å²) in [6.45, 7) is 9.84. The van der Waals surface area contributed by atoms with E-state index in [0.29, 0.717) is 62.9 Å². The van der Waals surface area contributed by atoms with E-state index in [0.717, 1.165) is 69.2 Å². The molecule has 16 rings (SSSR count). The molecule has 0 amide bonds. The smallest absolute Gasteiger partial charge is 0.857 e. The number of aromatic amines is 3. The van der Waals surface area contributed by atoms with Crippen LogP contribution in [0.25, 0.3) is 5.69 Å². The zero-order valence-electron chi connectivity index (χ0n) is 74.5. The number of H-pyrrole nitrogens is 3. The van der Waals surface area contributed by atoms with Crippen molar-refractivity contribution < 1.29 is 63.2 Å². The fraction of sp³-hybridized carbons (Fsp3) is 0.168. The van der Waals surface area contributed by atoms with Crippen molar-refractivity contribution in [2.75, 3.05) is 28.4 Å². The molecule has 8 aromatic carbocycles. The summed E-state index contributed by atoms with van der Waals surface area (Å²) in [5.74, 6) is 5.56. The predicted molar refractivity (Wildman–Crippen MR) is 569 cm³/mol. The van der Waals surface area contributed by atoms with Crippen LogP contribution in [0.3, 0.4) is 0 Å². The maximum Gasteiger partial charge on any atom is 1.00 e. The van der Waals surface area contributed by atoms with Gasteiger partial charge in [0.2, 0.25) is 5.88 Å². The van der Waals surface area contributed by atoms with Gasteiger partial charge in [0.1, 0.15) is 19.2 Å². The third-order valence-electron chi connectivity index (χ3n) is 17.8. The zero-order valence-corrected chi connectivity index (χ0v) is 93.9. The van der Waals surface area contributed by atoms with Crippen LogP contribution in [0.5, 0.6) is 17.4 Å². The third-order valence-corrected chi connectivity index (χ3v) is 25.7. The van der Waals surface area contributed by atoms with Gasteiger partial charge in [0.15, 0.2) is 5.75 Å². The van der Waals surface area contributed by atoms with Crippen molar-refractivity contribution in [1.82, 2.24) is 74.1 Å². The summed E-state index contributed by atoms with van der Waals surface area (Å²) in [5, 5.41) is 31.4. The Bertz CT molecular complexity index is 6860. The Morgan fingerprint density at radius 2 is 0.928 bits per heavy atom. The Labute approximate surface area is 908 Å². The van der Waals surface area contributed by atoms with Crippen LogP contribution in [0.15, 0.2) is 369 Å². The second kappa shape index (κ2) is 64.6. The van der Waals surface area contributed by atoms with E-state index in [-0.39, 0.29) is 107 Å². The van der Waals surface area contributed by atoms with Gasteiger partial charge in [0.05, 0.1) is 116 Å². The van der Waals surface area contributed by atoms with Crippen molar-refractivity contribution in [1.29, 1.82) is 0 Å². The average molecular weight is 2600 g/mol. The number of alkyl halides is 1. The van der Waals surface area contributed by atoms with E-state index in [1.54, 1.807) is 25.7 Å². The fourth-order valence-corrected chi connectivity index (χ4v) is 14.5. The number of methoxy groups -OCH3 is 3. The van der Waals surface area contributed by atoms with Gasteiger partial charge in [0.25, 0.3) is 44.5 Å². The number of carbonyl (C=O) groups is 2. The molecule has 15 aromatic rings. The van der Waals surface area contributed by atoms with Gasteiger partial charge in [-0.25, -0.2) is 43.1 Å². The molecule has 0 saturated carbocycles. The van der Waals surface area contributed by atoms with Crippen molar-refractivity contribution in [3.8, 4) is 23.1 Å². The molecule has 0 bridgehead atoms. The maximum absolute atomic E-state index is 12.1. The number of aryl methyl sites for hydroxylation is 1. The molecule has 0 aliphatic carbocycles. The molecule has 0 spiro atoms. The van der Waals surface area contributed by atoms with Crippen LogP contribution in [-0.2, 0) is 40.5 Å². The molecule has 43 heteroatoms. The number of cyclic esters (lactones) is 2. The van der Waals surface area contributed by atoms with Crippen LogP contribution in [0, 0.1) is 6.92 Å². The molecule has 0 saturated heterocycles. The van der Waals surface area contributed by atoms with Crippen LogP contribution in [0.4, 0.5) is 0 Å². The van der Waals surface area contributed by atoms with E-state index >= 15 is 0 Å². The van der Waals surface area contributed by atoms with Crippen LogP contribution in [-0.4, -0.2) is 109 Å². The standard InChI is InChI=1S/C13H13BrN2O2.C12H10Br2N2O.C12H11BrN2O2.2C11H9BrN2O2.C11H11BrN2O.C8H9Br.C7H10N2.C4H2Br2N2O.C4HBrO3.CH3O.CH4.Na/c1-9(10-6-4-3-5-7-10)16-13(17)12(14)11(18-2)8-15-16;1-8(9-5-3-2-4-6-9)16-12(17)11(14)10(13)7-15-16;1-17-11-7-10(13)12(16)15(14-11)8-9-5-3-2-4-6-9;12-9-6-10(15)14(13-11(9)16)7-8-4-2-1-3-5-8;12-9-6-10(15)13-14(11(9)16)7-8-4-2-1-3-5-8;1-8-6-14(7-13-8)10-4-3-9(12)5-11(10)15-2;1-7(9)8-5-3-2-4-6-8;8-9-6-7-4-2-1-3-5-7;5-2-1-7-8-4(9)3(2)6;5-2-1-3(6)8-4(2)7;1-2;;/h3-9H,1-2H3;2-8H,1H3;2-7H,8H2,1H3;1-6H,7H2,(H,13,16);1-6H,7H2,(H,13,15);3-7H,1-2H3;2-7H,1H3;1-5,9H,6,8H2;1H,(H,8,9);1H;1H3;1H4;/q;;;;;;;;;;-1;;+1. The number of hydrogen-bond donors (Lipinski definition) is 5. The van der Waals surface area contributed by atoms with E-state index in [9.17, 15) is 47.9 Å². The van der Waals surface area contributed by atoms with E-state index in [4.69, 9.17) is 25.2 Å². The van der Waals surface area contributed by atoms with Crippen molar-refractivity contribution in [2.45, 2.75) is 78.2 Å². The number of halogens is 11. The number of benzene rings is 8. The molecule has 0 fully saturated rings. The van der Waals surface area contributed by atoms with Gasteiger partial charge in [0, 0.05) is 46.3 Å². The van der Waals surface area contributed by atoms with E-state index < -0.39 is 11.9 Å². The van der Waals surface area contributed by atoms with Gasteiger partial charge in [-0.05, 0) is 228 Å². The Morgan fingerprint density at radius 3 is 1.36 bits per heavy atom. The van der Waals surface area contributed by atoms with Gasteiger partial charge in [-0.15, -0.1) is 5.10 Å². The largest absolute Gasteiger partial charge is 1.00 e. The van der Waals surface area contributed by atoms with Crippen LogP contribution in [0.2, 0.25) is 0 Å². The van der Waals surface area contributed by atoms with Gasteiger partial charge >= 0.3 is 41.5 Å². The number of nitrogens with one attached hydrogen (secondary N) is 4. The molecular weight excluding hydrogens is 2510 g/mol. The molecule has 6 N–H and O–H groups in total. The minimum absolute atomic E-state index is 0. The first-order valence-corrected chi connectivity index (χ1v) is 48.7. The number of imidazole rings is 1. The first-order chi connectivity index (χ1) is 65.1. The van der Waals surface area contributed by atoms with E-state index in [2.05, 4.69) is 245 Å². The number of ether oxygens (including phenoxy) is 4. The van der Waals surface area contributed by atoms with Gasteiger partial charge in [-0.3, -0.25) is 59.8 Å². The van der Waals surface area contributed by atoms with Crippen molar-refractivity contribution in [3.05, 3.63) is 458 Å². The number of hydrazine groups is 1. The molecule has 7 aromatic heterocycles.